The molecule has 0 bridgehead atoms. The summed E-state index contributed by atoms with van der Waals surface area (Å²) in [6, 6.07) is 0.973. The Balaban J connectivity index is 1.78. The Labute approximate surface area is 97.1 Å². The summed E-state index contributed by atoms with van der Waals surface area (Å²) in [5.74, 6) is 0.186. The van der Waals surface area contributed by atoms with Gasteiger partial charge in [-0.05, 0) is 33.1 Å². The summed E-state index contributed by atoms with van der Waals surface area (Å²) in [4.78, 5) is 11.0. The van der Waals surface area contributed by atoms with Gasteiger partial charge in [-0.2, -0.15) is 0 Å². The SMILES string of the molecule is CC1(C)CC(NC2CCC(=O)NC2)CCO1. The van der Waals surface area contributed by atoms with Gasteiger partial charge >= 0.3 is 0 Å². The molecule has 0 aromatic carbocycles. The average Bonchev–Trinajstić information content (AvgIpc) is 2.20. The number of hydrogen-bond donors (Lipinski definition) is 2. The average molecular weight is 226 g/mol. The molecule has 1 amide bonds. The second kappa shape index (κ2) is 4.72. The van der Waals surface area contributed by atoms with Crippen LogP contribution < -0.4 is 10.6 Å². The summed E-state index contributed by atoms with van der Waals surface area (Å²) < 4.78 is 5.69. The Kier molecular flexibility index (Phi) is 3.50. The van der Waals surface area contributed by atoms with Crippen LogP contribution in [0.25, 0.3) is 0 Å². The highest BCUT2D eigenvalue weighted by atomic mass is 16.5. The molecule has 92 valence electrons. The van der Waals surface area contributed by atoms with E-state index < -0.39 is 0 Å². The van der Waals surface area contributed by atoms with Crippen LogP contribution in [0.15, 0.2) is 0 Å². The summed E-state index contributed by atoms with van der Waals surface area (Å²) in [6.45, 7) is 5.90. The van der Waals surface area contributed by atoms with Crippen molar-refractivity contribution in [3.05, 3.63) is 0 Å². The molecule has 2 aliphatic heterocycles. The highest BCUT2D eigenvalue weighted by Gasteiger charge is 2.30. The Morgan fingerprint density at radius 1 is 1.38 bits per heavy atom. The Bertz CT molecular complexity index is 256. The molecule has 0 aliphatic carbocycles. The number of carbonyl (C=O) groups excluding carboxylic acids is 1. The van der Waals surface area contributed by atoms with Crippen molar-refractivity contribution in [2.45, 2.75) is 57.2 Å². The number of rotatable bonds is 2. The van der Waals surface area contributed by atoms with Gasteiger partial charge in [-0.25, -0.2) is 0 Å². The first-order valence-electron chi connectivity index (χ1n) is 6.22. The molecule has 2 heterocycles. The van der Waals surface area contributed by atoms with E-state index in [4.69, 9.17) is 4.74 Å². The Morgan fingerprint density at radius 2 is 2.19 bits per heavy atom. The van der Waals surface area contributed by atoms with E-state index in [1.165, 1.54) is 0 Å². The van der Waals surface area contributed by atoms with E-state index in [1.54, 1.807) is 0 Å². The van der Waals surface area contributed by atoms with Crippen LogP contribution in [0.1, 0.15) is 39.5 Å². The van der Waals surface area contributed by atoms with Gasteiger partial charge in [0.1, 0.15) is 0 Å². The molecule has 2 atom stereocenters. The molecule has 2 fully saturated rings. The van der Waals surface area contributed by atoms with Crippen LogP contribution in [0.3, 0.4) is 0 Å². The largest absolute Gasteiger partial charge is 0.375 e. The van der Waals surface area contributed by atoms with Gasteiger partial charge < -0.3 is 15.4 Å². The van der Waals surface area contributed by atoms with E-state index in [0.717, 1.165) is 32.4 Å². The lowest BCUT2D eigenvalue weighted by molar-refractivity contribution is -0.122. The van der Waals surface area contributed by atoms with Crippen molar-refractivity contribution in [2.75, 3.05) is 13.2 Å². The van der Waals surface area contributed by atoms with Crippen LogP contribution in [-0.2, 0) is 9.53 Å². The minimum absolute atomic E-state index is 0.00612. The molecule has 2 aliphatic rings. The maximum atomic E-state index is 11.0. The molecule has 0 saturated carbocycles. The highest BCUT2D eigenvalue weighted by molar-refractivity contribution is 5.76. The predicted octanol–water partition coefficient (Wildman–Crippen LogP) is 0.812. The van der Waals surface area contributed by atoms with Crippen LogP contribution in [0.4, 0.5) is 0 Å². The normalized spacial score (nSPS) is 34.5. The lowest BCUT2D eigenvalue weighted by atomic mass is 9.92. The van der Waals surface area contributed by atoms with E-state index in [9.17, 15) is 4.79 Å². The van der Waals surface area contributed by atoms with E-state index >= 15 is 0 Å². The van der Waals surface area contributed by atoms with Gasteiger partial charge in [0, 0.05) is 31.7 Å². The molecule has 16 heavy (non-hydrogen) atoms. The third-order valence-corrected chi connectivity index (χ3v) is 3.43. The summed E-state index contributed by atoms with van der Waals surface area (Å²) >= 11 is 0. The minimum Gasteiger partial charge on any atom is -0.375 e. The van der Waals surface area contributed by atoms with Crippen LogP contribution in [0.2, 0.25) is 0 Å². The fraction of sp³-hybridized carbons (Fsp3) is 0.917. The maximum Gasteiger partial charge on any atom is 0.220 e. The van der Waals surface area contributed by atoms with Crippen LogP contribution >= 0.6 is 0 Å². The zero-order valence-corrected chi connectivity index (χ0v) is 10.2. The van der Waals surface area contributed by atoms with Gasteiger partial charge in [-0.3, -0.25) is 4.79 Å². The molecular weight excluding hydrogens is 204 g/mol. The summed E-state index contributed by atoms with van der Waals surface area (Å²) in [6.07, 6.45) is 3.75. The second-order valence-corrected chi connectivity index (χ2v) is 5.50. The predicted molar refractivity (Wildman–Crippen MR) is 62.2 cm³/mol. The number of carbonyl (C=O) groups is 1. The molecule has 0 spiro atoms. The Hall–Kier alpha value is -0.610. The number of nitrogens with one attached hydrogen (secondary N) is 2. The standard InChI is InChI=1S/C12H22N2O2/c1-12(2)7-9(5-6-16-12)14-10-3-4-11(15)13-8-10/h9-10,14H,3-8H2,1-2H3,(H,13,15). The second-order valence-electron chi connectivity index (χ2n) is 5.50. The fourth-order valence-corrected chi connectivity index (χ4v) is 2.58. The first-order chi connectivity index (χ1) is 7.55. The van der Waals surface area contributed by atoms with Gasteiger partial charge in [0.2, 0.25) is 5.91 Å². The minimum atomic E-state index is -0.00612. The number of ether oxygens (including phenoxy) is 1. The molecule has 0 radical (unpaired) electrons. The molecule has 0 aromatic heterocycles. The lowest BCUT2D eigenvalue weighted by Gasteiger charge is -2.38. The zero-order valence-electron chi connectivity index (χ0n) is 10.2. The summed E-state index contributed by atoms with van der Waals surface area (Å²) in [5, 5.41) is 6.55. The number of piperidine rings is 1. The third kappa shape index (κ3) is 3.19. The van der Waals surface area contributed by atoms with Crippen molar-refractivity contribution in [1.82, 2.24) is 10.6 Å². The van der Waals surface area contributed by atoms with Gasteiger partial charge in [-0.15, -0.1) is 0 Å². The molecule has 4 heteroatoms. The zero-order chi connectivity index (χ0) is 11.6. The van der Waals surface area contributed by atoms with Crippen molar-refractivity contribution < 1.29 is 9.53 Å². The quantitative estimate of drug-likeness (QED) is 0.732. The molecule has 2 rings (SSSR count). The molecular formula is C12H22N2O2. The molecule has 0 aromatic rings. The lowest BCUT2D eigenvalue weighted by Crippen LogP contribution is -2.52. The van der Waals surface area contributed by atoms with E-state index in [1.807, 2.05) is 0 Å². The van der Waals surface area contributed by atoms with E-state index in [2.05, 4.69) is 24.5 Å². The van der Waals surface area contributed by atoms with E-state index in [-0.39, 0.29) is 11.5 Å². The fourth-order valence-electron chi connectivity index (χ4n) is 2.58. The van der Waals surface area contributed by atoms with Crippen molar-refractivity contribution in [3.8, 4) is 0 Å². The number of hydrogen-bond acceptors (Lipinski definition) is 3. The topological polar surface area (TPSA) is 50.4 Å². The monoisotopic (exact) mass is 226 g/mol. The van der Waals surface area contributed by atoms with Crippen LogP contribution in [0, 0.1) is 0 Å². The van der Waals surface area contributed by atoms with Crippen molar-refractivity contribution in [2.24, 2.45) is 0 Å². The number of amides is 1. The van der Waals surface area contributed by atoms with Gasteiger partial charge in [0.25, 0.3) is 0 Å². The van der Waals surface area contributed by atoms with Crippen molar-refractivity contribution in [3.63, 3.8) is 0 Å². The molecule has 2 unspecified atom stereocenters. The van der Waals surface area contributed by atoms with Gasteiger partial charge in [0.15, 0.2) is 0 Å². The van der Waals surface area contributed by atoms with Gasteiger partial charge in [0.05, 0.1) is 5.60 Å². The van der Waals surface area contributed by atoms with Crippen molar-refractivity contribution >= 4 is 5.91 Å². The molecule has 4 nitrogen and oxygen atoms in total. The van der Waals surface area contributed by atoms with Crippen LogP contribution in [-0.4, -0.2) is 36.7 Å². The first kappa shape index (κ1) is 11.9. The Morgan fingerprint density at radius 3 is 2.81 bits per heavy atom. The van der Waals surface area contributed by atoms with E-state index in [0.29, 0.717) is 18.5 Å². The smallest absolute Gasteiger partial charge is 0.220 e. The van der Waals surface area contributed by atoms with Gasteiger partial charge in [-0.1, -0.05) is 0 Å². The third-order valence-electron chi connectivity index (χ3n) is 3.43. The molecule has 2 N–H and O–H groups in total. The molecule has 2 saturated heterocycles. The maximum absolute atomic E-state index is 11.0. The highest BCUT2D eigenvalue weighted by Crippen LogP contribution is 2.24. The van der Waals surface area contributed by atoms with Crippen LogP contribution in [0.5, 0.6) is 0 Å². The first-order valence-corrected chi connectivity index (χ1v) is 6.22. The summed E-state index contributed by atoms with van der Waals surface area (Å²) in [7, 11) is 0. The summed E-state index contributed by atoms with van der Waals surface area (Å²) in [5.41, 5.74) is -0.00612. The van der Waals surface area contributed by atoms with Crippen molar-refractivity contribution in [1.29, 1.82) is 0 Å².